The van der Waals surface area contributed by atoms with E-state index in [0.717, 1.165) is 109 Å². The van der Waals surface area contributed by atoms with Crippen LogP contribution in [0.15, 0.2) is 24.3 Å². The first-order chi connectivity index (χ1) is 44.5. The Morgan fingerprint density at radius 3 is 0.891 bits per heavy atom. The first-order valence-electron chi connectivity index (χ1n) is 37.5. The third kappa shape index (κ3) is 66.2. The highest BCUT2D eigenvalue weighted by Crippen LogP contribution is 2.45. The van der Waals surface area contributed by atoms with Crippen molar-refractivity contribution in [2.75, 3.05) is 39.6 Å². The Morgan fingerprint density at radius 2 is 0.587 bits per heavy atom. The number of hydrogen-bond acceptors (Lipinski definition) is 15. The number of phosphoric ester groups is 2. The van der Waals surface area contributed by atoms with E-state index in [-0.39, 0.29) is 25.7 Å². The van der Waals surface area contributed by atoms with Crippen LogP contribution in [0.1, 0.15) is 356 Å². The fourth-order valence-electron chi connectivity index (χ4n) is 10.6. The van der Waals surface area contributed by atoms with Crippen LogP contribution < -0.4 is 0 Å². The van der Waals surface area contributed by atoms with Crippen molar-refractivity contribution in [1.82, 2.24) is 0 Å². The van der Waals surface area contributed by atoms with Gasteiger partial charge in [-0.25, -0.2) is 9.13 Å². The number of esters is 4. The van der Waals surface area contributed by atoms with Crippen LogP contribution in [0.4, 0.5) is 0 Å². The van der Waals surface area contributed by atoms with Crippen molar-refractivity contribution in [3.63, 3.8) is 0 Å². The number of phosphoric acid groups is 2. The van der Waals surface area contributed by atoms with E-state index < -0.39 is 97.5 Å². The quantitative estimate of drug-likeness (QED) is 0.0169. The normalized spacial score (nSPS) is 14.2. The molecule has 19 heteroatoms. The highest BCUT2D eigenvalue weighted by molar-refractivity contribution is 7.47. The molecule has 92 heavy (non-hydrogen) atoms. The van der Waals surface area contributed by atoms with E-state index in [4.69, 9.17) is 37.0 Å². The zero-order valence-electron chi connectivity index (χ0n) is 59.2. The van der Waals surface area contributed by atoms with Gasteiger partial charge in [0.05, 0.1) is 26.4 Å². The van der Waals surface area contributed by atoms with Gasteiger partial charge in [-0.1, -0.05) is 303 Å². The number of aliphatic hydroxyl groups excluding tert-OH is 1. The van der Waals surface area contributed by atoms with Gasteiger partial charge in [0.1, 0.15) is 19.3 Å². The molecule has 0 radical (unpaired) electrons. The molecular formula is C73H138O17P2. The molecule has 0 aromatic heterocycles. The van der Waals surface area contributed by atoms with Crippen LogP contribution in [0.3, 0.4) is 0 Å². The zero-order chi connectivity index (χ0) is 67.7. The second-order valence-electron chi connectivity index (χ2n) is 26.1. The second kappa shape index (κ2) is 65.8. The lowest BCUT2D eigenvalue weighted by molar-refractivity contribution is -0.161. The number of ether oxygens (including phenoxy) is 4. The summed E-state index contributed by atoms with van der Waals surface area (Å²) in [6, 6.07) is 0. The second-order valence-corrected chi connectivity index (χ2v) is 29.0. The van der Waals surface area contributed by atoms with Gasteiger partial charge in [0.2, 0.25) is 0 Å². The molecule has 0 aliphatic carbocycles. The van der Waals surface area contributed by atoms with Gasteiger partial charge in [0.25, 0.3) is 0 Å². The molecule has 5 atom stereocenters. The van der Waals surface area contributed by atoms with Crippen molar-refractivity contribution in [3.05, 3.63) is 24.3 Å². The van der Waals surface area contributed by atoms with Gasteiger partial charge in [-0.15, -0.1) is 0 Å². The summed E-state index contributed by atoms with van der Waals surface area (Å²) < 4.78 is 68.4. The average molecular weight is 1350 g/mol. The summed E-state index contributed by atoms with van der Waals surface area (Å²) in [5.74, 6) is -1.39. The van der Waals surface area contributed by atoms with E-state index in [0.29, 0.717) is 25.7 Å². The molecule has 0 spiro atoms. The topological polar surface area (TPSA) is 237 Å². The highest BCUT2D eigenvalue weighted by Gasteiger charge is 2.30. The maximum absolute atomic E-state index is 13.0. The van der Waals surface area contributed by atoms with Gasteiger partial charge in [-0.05, 0) is 57.3 Å². The maximum Gasteiger partial charge on any atom is 0.472 e. The summed E-state index contributed by atoms with van der Waals surface area (Å²) >= 11 is 0. The Bertz CT molecular complexity index is 1860. The molecule has 2 unspecified atom stereocenters. The number of unbranched alkanes of at least 4 members (excludes halogenated alkanes) is 40. The average Bonchev–Trinajstić information content (AvgIpc) is 1.86. The van der Waals surface area contributed by atoms with Gasteiger partial charge >= 0.3 is 39.5 Å². The monoisotopic (exact) mass is 1350 g/mol. The predicted octanol–water partition coefficient (Wildman–Crippen LogP) is 20.9. The van der Waals surface area contributed by atoms with Crippen LogP contribution in [-0.4, -0.2) is 96.7 Å². The van der Waals surface area contributed by atoms with Crippen molar-refractivity contribution in [2.45, 2.75) is 374 Å². The van der Waals surface area contributed by atoms with E-state index in [9.17, 15) is 43.2 Å². The number of aliphatic hydroxyl groups is 1. The maximum atomic E-state index is 13.0. The van der Waals surface area contributed by atoms with E-state index >= 15 is 0 Å². The molecule has 0 saturated heterocycles. The molecule has 0 heterocycles. The summed E-state index contributed by atoms with van der Waals surface area (Å²) in [7, 11) is -9.92. The summed E-state index contributed by atoms with van der Waals surface area (Å²) in [6.45, 7) is 7.19. The molecule has 0 amide bonds. The molecule has 0 aromatic carbocycles. The molecule has 17 nitrogen and oxygen atoms in total. The Labute approximate surface area is 561 Å². The van der Waals surface area contributed by atoms with Gasteiger partial charge in [-0.2, -0.15) is 0 Å². The molecule has 0 aliphatic heterocycles. The lowest BCUT2D eigenvalue weighted by atomic mass is 10.0. The number of rotatable bonds is 71. The van der Waals surface area contributed by atoms with Crippen molar-refractivity contribution in [3.8, 4) is 0 Å². The molecule has 0 fully saturated rings. The predicted molar refractivity (Wildman–Crippen MR) is 372 cm³/mol. The Balaban J connectivity index is 5.29. The summed E-state index contributed by atoms with van der Waals surface area (Å²) in [5, 5.41) is 10.6. The highest BCUT2D eigenvalue weighted by atomic mass is 31.2. The van der Waals surface area contributed by atoms with Gasteiger partial charge in [0.15, 0.2) is 12.2 Å². The summed E-state index contributed by atoms with van der Waals surface area (Å²) in [4.78, 5) is 72.7. The van der Waals surface area contributed by atoms with Crippen LogP contribution in [-0.2, 0) is 65.4 Å². The number of hydrogen-bond donors (Lipinski definition) is 3. The first-order valence-corrected chi connectivity index (χ1v) is 40.4. The largest absolute Gasteiger partial charge is 0.472 e. The Kier molecular flexibility index (Phi) is 64.0. The van der Waals surface area contributed by atoms with Gasteiger partial charge < -0.3 is 33.8 Å². The van der Waals surface area contributed by atoms with Crippen LogP contribution >= 0.6 is 15.6 Å². The van der Waals surface area contributed by atoms with E-state index in [1.165, 1.54) is 167 Å². The smallest absolute Gasteiger partial charge is 0.462 e. The van der Waals surface area contributed by atoms with E-state index in [1.807, 2.05) is 0 Å². The first kappa shape index (κ1) is 89.5. The van der Waals surface area contributed by atoms with Crippen LogP contribution in [0, 0.1) is 5.92 Å². The van der Waals surface area contributed by atoms with Crippen LogP contribution in [0.25, 0.3) is 0 Å². The van der Waals surface area contributed by atoms with Crippen LogP contribution in [0.2, 0.25) is 0 Å². The molecule has 0 saturated carbocycles. The molecule has 0 rings (SSSR count). The lowest BCUT2D eigenvalue weighted by Crippen LogP contribution is -2.30. The molecule has 542 valence electrons. The Hall–Kier alpha value is -2.46. The van der Waals surface area contributed by atoms with E-state index in [2.05, 4.69) is 58.9 Å². The Morgan fingerprint density at radius 1 is 0.337 bits per heavy atom. The van der Waals surface area contributed by atoms with Gasteiger partial charge in [0, 0.05) is 25.7 Å². The summed E-state index contributed by atoms with van der Waals surface area (Å²) in [5.41, 5.74) is 0. The SMILES string of the molecule is CCCCCC/C=C\C=C/CCCCCCCC(=O)O[C@H](COC(=O)CCCCCCCCCCCCC(C)C)COP(=O)(O)OC[C@@H](O)COP(=O)(O)OC[C@@H](COC(=O)CCCCCCCCCCCCC)OC(=O)CCCCCCCCCCCCCCC. The molecule has 0 bridgehead atoms. The summed E-state index contributed by atoms with van der Waals surface area (Å²) in [6.07, 6.45) is 56.1. The van der Waals surface area contributed by atoms with Gasteiger partial charge in [-0.3, -0.25) is 37.3 Å². The standard InChI is InChI=1S/C73H138O17P2/c1-6-9-12-15-18-21-24-26-27-29-32-39-44-49-54-59-73(78)90-69(63-84-71(76)57-52-47-42-37-34-33-35-40-45-50-55-66(4)5)65-88-92(81,82)86-61-67(74)60-85-91(79,80)87-64-68(62-83-70(75)56-51-46-41-36-30-23-20-17-14-11-8-3)89-72(77)58-53-48-43-38-31-28-25-22-19-16-13-10-7-2/h21,24,26-27,66-69,74H,6-20,22-23,25,28-65H2,1-5H3,(H,79,80)(H,81,82)/b24-21-,27-26-/t67-,68+,69+/m0/s1. The minimum absolute atomic E-state index is 0.0851. The lowest BCUT2D eigenvalue weighted by Gasteiger charge is -2.21. The fraction of sp³-hybridized carbons (Fsp3) is 0.890. The number of carbonyl (C=O) groups excluding carboxylic acids is 4. The number of carbonyl (C=O) groups is 4. The molecule has 0 aliphatic rings. The van der Waals surface area contributed by atoms with Crippen molar-refractivity contribution in [2.24, 2.45) is 5.92 Å². The minimum Gasteiger partial charge on any atom is -0.462 e. The third-order valence-electron chi connectivity index (χ3n) is 16.4. The fourth-order valence-corrected chi connectivity index (χ4v) is 12.2. The number of allylic oxidation sites excluding steroid dienone is 4. The molecule has 0 aromatic rings. The van der Waals surface area contributed by atoms with Crippen molar-refractivity contribution >= 4 is 39.5 Å². The zero-order valence-corrected chi connectivity index (χ0v) is 61.0. The van der Waals surface area contributed by atoms with Crippen molar-refractivity contribution < 1.29 is 80.2 Å². The van der Waals surface area contributed by atoms with Crippen molar-refractivity contribution in [1.29, 1.82) is 0 Å². The minimum atomic E-state index is -4.96. The van der Waals surface area contributed by atoms with E-state index in [1.54, 1.807) is 0 Å². The molecule has 3 N–H and O–H groups in total. The van der Waals surface area contributed by atoms with Crippen LogP contribution in [0.5, 0.6) is 0 Å². The molecular weight excluding hydrogens is 1210 g/mol. The third-order valence-corrected chi connectivity index (χ3v) is 18.3.